The van der Waals surface area contributed by atoms with Crippen LogP contribution < -0.4 is 5.73 Å². The third kappa shape index (κ3) is 1.58. The molecule has 0 bridgehead atoms. The highest BCUT2D eigenvalue weighted by Crippen LogP contribution is 2.27. The van der Waals surface area contributed by atoms with E-state index in [0.29, 0.717) is 0 Å². The van der Waals surface area contributed by atoms with Crippen LogP contribution in [0.1, 0.15) is 16.7 Å². The maximum Gasteiger partial charge on any atom is 0.124 e. The SMILES string of the molecule is Cc1ccc(-c2nn(C)c(N)c2C)cc1C. The summed E-state index contributed by atoms with van der Waals surface area (Å²) in [6.45, 7) is 6.23. The van der Waals surface area contributed by atoms with Crippen molar-refractivity contribution in [2.45, 2.75) is 20.8 Å². The van der Waals surface area contributed by atoms with Gasteiger partial charge >= 0.3 is 0 Å². The lowest BCUT2D eigenvalue weighted by molar-refractivity contribution is 0.782. The van der Waals surface area contributed by atoms with Gasteiger partial charge in [0.05, 0.1) is 5.69 Å². The highest BCUT2D eigenvalue weighted by Gasteiger charge is 2.11. The van der Waals surface area contributed by atoms with E-state index < -0.39 is 0 Å². The Kier molecular flexibility index (Phi) is 2.46. The summed E-state index contributed by atoms with van der Waals surface area (Å²) < 4.78 is 1.72. The molecule has 0 spiro atoms. The second-order valence-electron chi connectivity index (χ2n) is 4.28. The van der Waals surface area contributed by atoms with E-state index in [2.05, 4.69) is 37.1 Å². The number of nitrogens with zero attached hydrogens (tertiary/aromatic N) is 2. The van der Waals surface area contributed by atoms with Gasteiger partial charge in [0.1, 0.15) is 5.82 Å². The van der Waals surface area contributed by atoms with E-state index >= 15 is 0 Å². The number of nitrogen functional groups attached to an aromatic ring is 1. The Balaban J connectivity index is 2.59. The molecule has 1 aromatic heterocycles. The standard InChI is InChI=1S/C13H17N3/c1-8-5-6-11(7-9(8)2)12-10(3)13(14)16(4)15-12/h5-7H,14H2,1-4H3. The highest BCUT2D eigenvalue weighted by atomic mass is 15.3. The first-order valence-electron chi connectivity index (χ1n) is 5.37. The average molecular weight is 215 g/mol. The number of benzene rings is 1. The topological polar surface area (TPSA) is 43.8 Å². The first-order valence-corrected chi connectivity index (χ1v) is 5.37. The van der Waals surface area contributed by atoms with Gasteiger partial charge in [-0.15, -0.1) is 0 Å². The molecule has 2 rings (SSSR count). The maximum atomic E-state index is 5.91. The van der Waals surface area contributed by atoms with Crippen molar-refractivity contribution in [2.24, 2.45) is 7.05 Å². The quantitative estimate of drug-likeness (QED) is 0.794. The van der Waals surface area contributed by atoms with Crippen LogP contribution in [0.15, 0.2) is 18.2 Å². The zero-order valence-electron chi connectivity index (χ0n) is 10.2. The molecule has 2 aromatic rings. The van der Waals surface area contributed by atoms with Gasteiger partial charge in [-0.2, -0.15) is 5.10 Å². The number of nitrogens with two attached hydrogens (primary N) is 1. The molecule has 2 N–H and O–H groups in total. The summed E-state index contributed by atoms with van der Waals surface area (Å²) in [7, 11) is 1.87. The lowest BCUT2D eigenvalue weighted by atomic mass is 10.0. The molecule has 1 heterocycles. The van der Waals surface area contributed by atoms with Crippen LogP contribution in [-0.4, -0.2) is 9.78 Å². The van der Waals surface area contributed by atoms with Gasteiger partial charge in [0, 0.05) is 18.2 Å². The molecule has 16 heavy (non-hydrogen) atoms. The molecule has 0 aliphatic heterocycles. The fourth-order valence-corrected chi connectivity index (χ4v) is 1.81. The van der Waals surface area contributed by atoms with E-state index in [-0.39, 0.29) is 0 Å². The minimum Gasteiger partial charge on any atom is -0.384 e. The molecule has 0 saturated carbocycles. The molecule has 0 aliphatic rings. The van der Waals surface area contributed by atoms with Crippen LogP contribution in [0, 0.1) is 20.8 Å². The molecule has 0 radical (unpaired) electrons. The number of hydrogen-bond acceptors (Lipinski definition) is 2. The van der Waals surface area contributed by atoms with Gasteiger partial charge in [-0.3, -0.25) is 4.68 Å². The molecule has 84 valence electrons. The second kappa shape index (κ2) is 3.67. The van der Waals surface area contributed by atoms with Crippen LogP contribution in [0.25, 0.3) is 11.3 Å². The monoisotopic (exact) mass is 215 g/mol. The summed E-state index contributed by atoms with van der Waals surface area (Å²) in [5.74, 6) is 0.730. The van der Waals surface area contributed by atoms with Crippen LogP contribution in [0.3, 0.4) is 0 Å². The summed E-state index contributed by atoms with van der Waals surface area (Å²) in [4.78, 5) is 0. The summed E-state index contributed by atoms with van der Waals surface area (Å²) >= 11 is 0. The molecule has 0 fully saturated rings. The maximum absolute atomic E-state index is 5.91. The zero-order valence-corrected chi connectivity index (χ0v) is 10.2. The molecule has 0 saturated heterocycles. The van der Waals surface area contributed by atoms with Gasteiger partial charge in [0.15, 0.2) is 0 Å². The third-order valence-corrected chi connectivity index (χ3v) is 3.12. The Bertz CT molecular complexity index is 538. The number of anilines is 1. The molecule has 0 atom stereocenters. The van der Waals surface area contributed by atoms with Crippen LogP contribution in [0.5, 0.6) is 0 Å². The normalized spacial score (nSPS) is 10.8. The first kappa shape index (κ1) is 10.7. The van der Waals surface area contributed by atoms with Gasteiger partial charge in [0.2, 0.25) is 0 Å². The Morgan fingerprint density at radius 1 is 1.12 bits per heavy atom. The molecule has 1 aromatic carbocycles. The van der Waals surface area contributed by atoms with Gasteiger partial charge in [-0.1, -0.05) is 12.1 Å². The fourth-order valence-electron chi connectivity index (χ4n) is 1.81. The van der Waals surface area contributed by atoms with Crippen molar-refractivity contribution in [3.63, 3.8) is 0 Å². The summed E-state index contributed by atoms with van der Waals surface area (Å²) in [5.41, 5.74) is 11.6. The minimum absolute atomic E-state index is 0.730. The molecule has 3 heteroatoms. The second-order valence-corrected chi connectivity index (χ2v) is 4.28. The molecular weight excluding hydrogens is 198 g/mol. The smallest absolute Gasteiger partial charge is 0.124 e. The van der Waals surface area contributed by atoms with Crippen LogP contribution >= 0.6 is 0 Å². The minimum atomic E-state index is 0.730. The highest BCUT2D eigenvalue weighted by molar-refractivity contribution is 5.68. The van der Waals surface area contributed by atoms with E-state index in [1.54, 1.807) is 4.68 Å². The molecule has 3 nitrogen and oxygen atoms in total. The van der Waals surface area contributed by atoms with Crippen LogP contribution in [0.4, 0.5) is 5.82 Å². The van der Waals surface area contributed by atoms with Crippen LogP contribution in [-0.2, 0) is 7.05 Å². The van der Waals surface area contributed by atoms with Crippen molar-refractivity contribution in [1.82, 2.24) is 9.78 Å². The number of rotatable bonds is 1. The molecular formula is C13H17N3. The summed E-state index contributed by atoms with van der Waals surface area (Å²) in [6, 6.07) is 6.37. The van der Waals surface area contributed by atoms with E-state index in [1.165, 1.54) is 11.1 Å². The van der Waals surface area contributed by atoms with Gasteiger partial charge in [-0.25, -0.2) is 0 Å². The van der Waals surface area contributed by atoms with Gasteiger partial charge in [-0.05, 0) is 38.0 Å². The van der Waals surface area contributed by atoms with E-state index in [4.69, 9.17) is 5.73 Å². The van der Waals surface area contributed by atoms with Crippen molar-refractivity contribution in [3.8, 4) is 11.3 Å². The van der Waals surface area contributed by atoms with Gasteiger partial charge < -0.3 is 5.73 Å². The number of aryl methyl sites for hydroxylation is 3. The van der Waals surface area contributed by atoms with Crippen molar-refractivity contribution in [3.05, 3.63) is 34.9 Å². The molecule has 0 unspecified atom stereocenters. The largest absolute Gasteiger partial charge is 0.384 e. The van der Waals surface area contributed by atoms with Crippen LogP contribution in [0.2, 0.25) is 0 Å². The Hall–Kier alpha value is -1.77. The Morgan fingerprint density at radius 2 is 1.81 bits per heavy atom. The molecule has 0 amide bonds. The lowest BCUT2D eigenvalue weighted by Crippen LogP contribution is -1.97. The number of aromatic nitrogens is 2. The lowest BCUT2D eigenvalue weighted by Gasteiger charge is -2.03. The zero-order chi connectivity index (χ0) is 11.9. The van der Waals surface area contributed by atoms with Gasteiger partial charge in [0.25, 0.3) is 0 Å². The Labute approximate surface area is 95.9 Å². The predicted molar refractivity (Wildman–Crippen MR) is 67.3 cm³/mol. The average Bonchev–Trinajstić information content (AvgIpc) is 2.50. The first-order chi connectivity index (χ1) is 7.50. The van der Waals surface area contributed by atoms with E-state index in [0.717, 1.165) is 22.6 Å². The fraction of sp³-hybridized carbons (Fsp3) is 0.308. The summed E-state index contributed by atoms with van der Waals surface area (Å²) in [6.07, 6.45) is 0. The predicted octanol–water partition coefficient (Wildman–Crippen LogP) is 2.59. The van der Waals surface area contributed by atoms with Crippen molar-refractivity contribution < 1.29 is 0 Å². The van der Waals surface area contributed by atoms with E-state index in [1.807, 2.05) is 14.0 Å². The van der Waals surface area contributed by atoms with Crippen molar-refractivity contribution >= 4 is 5.82 Å². The Morgan fingerprint density at radius 3 is 2.31 bits per heavy atom. The van der Waals surface area contributed by atoms with E-state index in [9.17, 15) is 0 Å². The van der Waals surface area contributed by atoms with Crippen molar-refractivity contribution in [1.29, 1.82) is 0 Å². The summed E-state index contributed by atoms with van der Waals surface area (Å²) in [5, 5.41) is 4.44. The van der Waals surface area contributed by atoms with Crippen molar-refractivity contribution in [2.75, 3.05) is 5.73 Å². The number of hydrogen-bond donors (Lipinski definition) is 1. The molecule has 0 aliphatic carbocycles. The third-order valence-electron chi connectivity index (χ3n) is 3.12.